The fraction of sp³-hybridized carbons (Fsp3) is 0.667. The molecule has 8 heteroatoms. The molecule has 0 unspecified atom stereocenters. The van der Waals surface area contributed by atoms with Crippen molar-refractivity contribution in [2.75, 3.05) is 6.54 Å². The zero-order valence-electron chi connectivity index (χ0n) is 12.1. The number of nitrogens with two attached hydrogens (primary N) is 1. The molecule has 0 radical (unpaired) electrons. The fourth-order valence-electron chi connectivity index (χ4n) is 2.10. The van der Waals surface area contributed by atoms with Crippen LogP contribution in [0, 0.1) is 5.41 Å². The van der Waals surface area contributed by atoms with E-state index in [0.29, 0.717) is 31.6 Å². The maximum atomic E-state index is 12.3. The summed E-state index contributed by atoms with van der Waals surface area (Å²) in [6.45, 7) is 4.08. The molecule has 1 heterocycles. The van der Waals surface area contributed by atoms with Crippen molar-refractivity contribution in [1.29, 1.82) is 0 Å². The summed E-state index contributed by atoms with van der Waals surface area (Å²) >= 11 is 0. The number of amides is 1. The Balaban J connectivity index is 2.63. The predicted molar refractivity (Wildman–Crippen MR) is 74.1 cm³/mol. The van der Waals surface area contributed by atoms with E-state index < -0.39 is 5.41 Å². The Labute approximate surface area is 118 Å². The van der Waals surface area contributed by atoms with E-state index in [0.717, 1.165) is 0 Å². The summed E-state index contributed by atoms with van der Waals surface area (Å²) in [7, 11) is 1.78. The highest BCUT2D eigenvalue weighted by atomic mass is 16.4. The van der Waals surface area contributed by atoms with Crippen LogP contribution < -0.4 is 11.1 Å². The second-order valence-corrected chi connectivity index (χ2v) is 4.61. The molecule has 0 bridgehead atoms. The molecule has 8 nitrogen and oxygen atoms in total. The number of aromatic nitrogens is 3. The molecule has 0 aliphatic heterocycles. The first-order valence-corrected chi connectivity index (χ1v) is 6.61. The van der Waals surface area contributed by atoms with Crippen LogP contribution in [0.5, 0.6) is 0 Å². The lowest BCUT2D eigenvalue weighted by molar-refractivity contribution is -0.127. The van der Waals surface area contributed by atoms with Crippen LogP contribution in [0.4, 0.5) is 0 Å². The smallest absolute Gasteiger partial charge is 0.233 e. The van der Waals surface area contributed by atoms with Gasteiger partial charge in [0.25, 0.3) is 0 Å². The molecule has 1 aromatic rings. The predicted octanol–water partition coefficient (Wildman–Crippen LogP) is 0.0266. The summed E-state index contributed by atoms with van der Waals surface area (Å²) in [5.74, 6) is 0.361. The minimum absolute atomic E-state index is 0.0593. The van der Waals surface area contributed by atoms with Gasteiger partial charge in [0.2, 0.25) is 5.91 Å². The normalized spacial score (nSPS) is 12.4. The third-order valence-electron chi connectivity index (χ3n) is 3.52. The monoisotopic (exact) mass is 282 g/mol. The molecule has 0 aliphatic carbocycles. The van der Waals surface area contributed by atoms with E-state index >= 15 is 0 Å². The van der Waals surface area contributed by atoms with Crippen LogP contribution in [0.15, 0.2) is 11.5 Å². The summed E-state index contributed by atoms with van der Waals surface area (Å²) in [4.78, 5) is 16.4. The summed E-state index contributed by atoms with van der Waals surface area (Å²) < 4.78 is 1.61. The van der Waals surface area contributed by atoms with Crippen molar-refractivity contribution >= 4 is 11.7 Å². The molecule has 1 amide bonds. The molecule has 4 N–H and O–H groups in total. The quantitative estimate of drug-likeness (QED) is 0.282. The number of hydrogen-bond donors (Lipinski definition) is 3. The molecule has 0 fully saturated rings. The fourth-order valence-corrected chi connectivity index (χ4v) is 2.10. The van der Waals surface area contributed by atoms with Crippen LogP contribution in [0.1, 0.15) is 32.5 Å². The van der Waals surface area contributed by atoms with E-state index in [9.17, 15) is 4.79 Å². The van der Waals surface area contributed by atoms with Crippen molar-refractivity contribution in [1.82, 2.24) is 20.1 Å². The maximum Gasteiger partial charge on any atom is 0.233 e. The Bertz CT molecular complexity index is 478. The largest absolute Gasteiger partial charge is 0.409 e. The molecular weight excluding hydrogens is 260 g/mol. The number of rotatable bonds is 7. The van der Waals surface area contributed by atoms with E-state index in [4.69, 9.17) is 10.9 Å². The summed E-state index contributed by atoms with van der Waals surface area (Å²) in [5, 5.41) is 18.8. The first kappa shape index (κ1) is 15.9. The standard InChI is InChI=1S/C12H22N6O2/c1-4-12(5-2,10(13)17-20)11(19)14-7-6-9-15-8-18(3)16-9/h8,20H,4-7H2,1-3H3,(H2,13,17)(H,14,19). The van der Waals surface area contributed by atoms with E-state index in [1.807, 2.05) is 13.8 Å². The highest BCUT2D eigenvalue weighted by Gasteiger charge is 2.39. The zero-order chi connectivity index (χ0) is 15.2. The molecule has 0 aliphatic rings. The number of aryl methyl sites for hydroxylation is 1. The minimum atomic E-state index is -0.966. The molecule has 112 valence electrons. The van der Waals surface area contributed by atoms with Gasteiger partial charge in [-0.1, -0.05) is 19.0 Å². The topological polar surface area (TPSA) is 118 Å². The minimum Gasteiger partial charge on any atom is -0.409 e. The Morgan fingerprint density at radius 3 is 2.65 bits per heavy atom. The van der Waals surface area contributed by atoms with Crippen molar-refractivity contribution in [3.05, 3.63) is 12.2 Å². The van der Waals surface area contributed by atoms with Gasteiger partial charge in [-0.15, -0.1) is 0 Å². The Morgan fingerprint density at radius 2 is 2.20 bits per heavy atom. The second-order valence-electron chi connectivity index (χ2n) is 4.61. The average molecular weight is 282 g/mol. The van der Waals surface area contributed by atoms with Gasteiger partial charge in [0.1, 0.15) is 11.7 Å². The number of carbonyl (C=O) groups is 1. The Hall–Kier alpha value is -2.12. The van der Waals surface area contributed by atoms with Crippen molar-refractivity contribution in [3.63, 3.8) is 0 Å². The third kappa shape index (κ3) is 3.25. The lowest BCUT2D eigenvalue weighted by atomic mass is 9.80. The van der Waals surface area contributed by atoms with Gasteiger partial charge in [0.15, 0.2) is 11.7 Å². The highest BCUT2D eigenvalue weighted by Crippen LogP contribution is 2.26. The van der Waals surface area contributed by atoms with Crippen molar-refractivity contribution in [2.45, 2.75) is 33.1 Å². The zero-order valence-corrected chi connectivity index (χ0v) is 12.1. The number of nitrogens with zero attached hydrogens (tertiary/aromatic N) is 4. The van der Waals surface area contributed by atoms with E-state index in [1.54, 1.807) is 18.1 Å². The van der Waals surface area contributed by atoms with E-state index in [2.05, 4.69) is 20.6 Å². The number of nitrogens with one attached hydrogen (secondary N) is 1. The van der Waals surface area contributed by atoms with E-state index in [-0.39, 0.29) is 11.7 Å². The maximum absolute atomic E-state index is 12.3. The van der Waals surface area contributed by atoms with Crippen LogP contribution in [-0.4, -0.2) is 38.3 Å². The first-order chi connectivity index (χ1) is 9.50. The van der Waals surface area contributed by atoms with Crippen LogP contribution >= 0.6 is 0 Å². The van der Waals surface area contributed by atoms with Gasteiger partial charge in [0.05, 0.1) is 0 Å². The SMILES string of the molecule is CCC(CC)(C(=O)NCCc1ncn(C)n1)C(N)=NO. The molecule has 1 aromatic heterocycles. The summed E-state index contributed by atoms with van der Waals surface area (Å²) in [6.07, 6.45) is 3.07. The van der Waals surface area contributed by atoms with Crippen LogP contribution in [0.25, 0.3) is 0 Å². The lowest BCUT2D eigenvalue weighted by Crippen LogP contribution is -2.49. The summed E-state index contributed by atoms with van der Waals surface area (Å²) in [5.41, 5.74) is 4.71. The molecule has 0 atom stereocenters. The molecule has 0 saturated heterocycles. The number of hydrogen-bond acceptors (Lipinski definition) is 5. The van der Waals surface area contributed by atoms with Gasteiger partial charge in [-0.2, -0.15) is 5.10 Å². The number of amidine groups is 1. The lowest BCUT2D eigenvalue weighted by Gasteiger charge is -2.28. The van der Waals surface area contributed by atoms with Gasteiger partial charge in [-0.25, -0.2) is 4.98 Å². The molecule has 0 aromatic carbocycles. The van der Waals surface area contributed by atoms with Crippen molar-refractivity contribution < 1.29 is 10.0 Å². The van der Waals surface area contributed by atoms with Crippen LogP contribution in [-0.2, 0) is 18.3 Å². The molecule has 20 heavy (non-hydrogen) atoms. The number of oxime groups is 1. The van der Waals surface area contributed by atoms with Gasteiger partial charge >= 0.3 is 0 Å². The van der Waals surface area contributed by atoms with Crippen molar-refractivity contribution in [2.24, 2.45) is 23.4 Å². The highest BCUT2D eigenvalue weighted by molar-refractivity contribution is 6.06. The molecular formula is C12H22N6O2. The van der Waals surface area contributed by atoms with Crippen LogP contribution in [0.2, 0.25) is 0 Å². The van der Waals surface area contributed by atoms with Gasteiger partial charge < -0.3 is 16.3 Å². The average Bonchev–Trinajstić information content (AvgIpc) is 2.86. The molecule has 1 rings (SSSR count). The number of carbonyl (C=O) groups excluding carboxylic acids is 1. The van der Waals surface area contributed by atoms with Gasteiger partial charge in [-0.05, 0) is 12.8 Å². The van der Waals surface area contributed by atoms with Crippen LogP contribution in [0.3, 0.4) is 0 Å². The summed E-state index contributed by atoms with van der Waals surface area (Å²) in [6, 6.07) is 0. The molecule has 0 saturated carbocycles. The second kappa shape index (κ2) is 6.88. The third-order valence-corrected chi connectivity index (χ3v) is 3.52. The molecule has 0 spiro atoms. The Morgan fingerprint density at radius 1 is 1.55 bits per heavy atom. The van der Waals surface area contributed by atoms with Gasteiger partial charge in [-0.3, -0.25) is 9.48 Å². The Kier molecular flexibility index (Phi) is 5.48. The van der Waals surface area contributed by atoms with E-state index in [1.165, 1.54) is 0 Å². The first-order valence-electron chi connectivity index (χ1n) is 6.61. The van der Waals surface area contributed by atoms with Gasteiger partial charge in [0, 0.05) is 20.0 Å². The van der Waals surface area contributed by atoms with Crippen molar-refractivity contribution in [3.8, 4) is 0 Å².